The van der Waals surface area contributed by atoms with Crippen molar-refractivity contribution in [3.8, 4) is 0 Å². The summed E-state index contributed by atoms with van der Waals surface area (Å²) in [7, 11) is 0. The minimum atomic E-state index is -0.346. The van der Waals surface area contributed by atoms with Gasteiger partial charge in [0, 0.05) is 18.5 Å². The normalized spacial score (nSPS) is 16.4. The highest BCUT2D eigenvalue weighted by molar-refractivity contribution is 5.39. The molecule has 0 radical (unpaired) electrons. The average Bonchev–Trinajstić information content (AvgIpc) is 2.65. The Morgan fingerprint density at radius 1 is 0.870 bits per heavy atom. The standard InChI is InChI=1S/C20H25NO2/c22-17-20(18-7-3-1-4-8-18,19-9-5-2-6-10-19)11-12-21-13-15-23-16-14-21/h1-10,22H,11-17H2. The molecule has 1 saturated heterocycles. The average molecular weight is 311 g/mol. The molecular weight excluding hydrogens is 286 g/mol. The van der Waals surface area contributed by atoms with Crippen LogP contribution in [0.4, 0.5) is 0 Å². The lowest BCUT2D eigenvalue weighted by molar-refractivity contribution is 0.0335. The van der Waals surface area contributed by atoms with Crippen LogP contribution in [-0.2, 0) is 10.2 Å². The largest absolute Gasteiger partial charge is 0.395 e. The molecule has 0 unspecified atom stereocenters. The summed E-state index contributed by atoms with van der Waals surface area (Å²) < 4.78 is 5.44. The van der Waals surface area contributed by atoms with Crippen LogP contribution >= 0.6 is 0 Å². The van der Waals surface area contributed by atoms with E-state index in [-0.39, 0.29) is 12.0 Å². The molecule has 2 aromatic rings. The summed E-state index contributed by atoms with van der Waals surface area (Å²) in [6, 6.07) is 20.8. The lowest BCUT2D eigenvalue weighted by atomic mass is 9.72. The lowest BCUT2D eigenvalue weighted by Crippen LogP contribution is -2.41. The van der Waals surface area contributed by atoms with Gasteiger partial charge in [-0.1, -0.05) is 60.7 Å². The van der Waals surface area contributed by atoms with Gasteiger partial charge in [0.05, 0.1) is 19.8 Å². The zero-order chi connectivity index (χ0) is 16.0. The summed E-state index contributed by atoms with van der Waals surface area (Å²) in [5, 5.41) is 10.4. The molecular formula is C20H25NO2. The van der Waals surface area contributed by atoms with Crippen LogP contribution in [0.5, 0.6) is 0 Å². The summed E-state index contributed by atoms with van der Waals surface area (Å²) in [5.41, 5.74) is 2.02. The molecule has 0 atom stereocenters. The molecule has 0 saturated carbocycles. The minimum absolute atomic E-state index is 0.116. The first kappa shape index (κ1) is 16.2. The fourth-order valence-electron chi connectivity index (χ4n) is 3.41. The maximum absolute atomic E-state index is 10.4. The molecule has 1 heterocycles. The van der Waals surface area contributed by atoms with Crippen molar-refractivity contribution in [3.05, 3.63) is 71.8 Å². The second-order valence-electron chi connectivity index (χ2n) is 6.18. The highest BCUT2D eigenvalue weighted by Gasteiger charge is 2.34. The maximum atomic E-state index is 10.4. The van der Waals surface area contributed by atoms with Gasteiger partial charge in [-0.15, -0.1) is 0 Å². The van der Waals surface area contributed by atoms with E-state index in [0.717, 1.165) is 39.3 Å². The van der Waals surface area contributed by atoms with Crippen LogP contribution in [0.3, 0.4) is 0 Å². The second kappa shape index (κ2) is 7.73. The van der Waals surface area contributed by atoms with Crippen molar-refractivity contribution in [2.75, 3.05) is 39.5 Å². The van der Waals surface area contributed by atoms with Crippen molar-refractivity contribution in [1.82, 2.24) is 4.90 Å². The van der Waals surface area contributed by atoms with Crippen LogP contribution in [0, 0.1) is 0 Å². The molecule has 3 nitrogen and oxygen atoms in total. The second-order valence-corrected chi connectivity index (χ2v) is 6.18. The Kier molecular flexibility index (Phi) is 5.44. The van der Waals surface area contributed by atoms with Crippen molar-refractivity contribution in [2.45, 2.75) is 11.8 Å². The molecule has 0 amide bonds. The maximum Gasteiger partial charge on any atom is 0.0594 e. The number of ether oxygens (including phenoxy) is 1. The number of hydrogen-bond acceptors (Lipinski definition) is 3. The van der Waals surface area contributed by atoms with Gasteiger partial charge < -0.3 is 9.84 Å². The van der Waals surface area contributed by atoms with Gasteiger partial charge in [-0.3, -0.25) is 4.90 Å². The van der Waals surface area contributed by atoms with Crippen molar-refractivity contribution in [3.63, 3.8) is 0 Å². The fraction of sp³-hybridized carbons (Fsp3) is 0.400. The molecule has 23 heavy (non-hydrogen) atoms. The zero-order valence-corrected chi connectivity index (χ0v) is 13.5. The molecule has 3 heteroatoms. The zero-order valence-electron chi connectivity index (χ0n) is 13.5. The van der Waals surface area contributed by atoms with E-state index in [2.05, 4.69) is 53.4 Å². The van der Waals surface area contributed by atoms with E-state index in [1.807, 2.05) is 12.1 Å². The Hall–Kier alpha value is -1.68. The minimum Gasteiger partial charge on any atom is -0.395 e. The number of rotatable bonds is 6. The Bertz CT molecular complexity index is 540. The molecule has 2 aromatic carbocycles. The van der Waals surface area contributed by atoms with E-state index < -0.39 is 0 Å². The van der Waals surface area contributed by atoms with Crippen molar-refractivity contribution >= 4 is 0 Å². The topological polar surface area (TPSA) is 32.7 Å². The summed E-state index contributed by atoms with van der Waals surface area (Å²) in [5.74, 6) is 0. The highest BCUT2D eigenvalue weighted by atomic mass is 16.5. The van der Waals surface area contributed by atoms with Gasteiger partial charge in [0.1, 0.15) is 0 Å². The first-order valence-corrected chi connectivity index (χ1v) is 8.37. The monoisotopic (exact) mass is 311 g/mol. The lowest BCUT2D eigenvalue weighted by Gasteiger charge is -2.36. The third-order valence-electron chi connectivity index (χ3n) is 4.88. The smallest absolute Gasteiger partial charge is 0.0594 e. The van der Waals surface area contributed by atoms with E-state index in [1.54, 1.807) is 0 Å². The first-order chi connectivity index (χ1) is 11.3. The van der Waals surface area contributed by atoms with Gasteiger partial charge in [0.15, 0.2) is 0 Å². The molecule has 3 rings (SSSR count). The Morgan fingerprint density at radius 2 is 1.39 bits per heavy atom. The van der Waals surface area contributed by atoms with Gasteiger partial charge >= 0.3 is 0 Å². The van der Waals surface area contributed by atoms with E-state index in [4.69, 9.17) is 4.74 Å². The SMILES string of the molecule is OCC(CCN1CCOCC1)(c1ccccc1)c1ccccc1. The third-order valence-corrected chi connectivity index (χ3v) is 4.88. The Balaban J connectivity index is 1.89. The predicted octanol–water partition coefficient (Wildman–Crippen LogP) is 2.69. The molecule has 1 fully saturated rings. The van der Waals surface area contributed by atoms with Crippen LogP contribution in [-0.4, -0.2) is 49.5 Å². The van der Waals surface area contributed by atoms with E-state index in [1.165, 1.54) is 11.1 Å². The summed E-state index contributed by atoms with van der Waals surface area (Å²) in [6.45, 7) is 4.65. The number of aliphatic hydroxyl groups excluding tert-OH is 1. The third kappa shape index (κ3) is 3.63. The number of aliphatic hydroxyl groups is 1. The van der Waals surface area contributed by atoms with Gasteiger partial charge in [0.2, 0.25) is 0 Å². The van der Waals surface area contributed by atoms with Gasteiger partial charge in [-0.2, -0.15) is 0 Å². The number of morpholine rings is 1. The van der Waals surface area contributed by atoms with E-state index in [9.17, 15) is 5.11 Å². The molecule has 1 aliphatic heterocycles. The van der Waals surface area contributed by atoms with Crippen LogP contribution in [0.1, 0.15) is 17.5 Å². The molecule has 0 spiro atoms. The van der Waals surface area contributed by atoms with E-state index in [0.29, 0.717) is 0 Å². The fourth-order valence-corrected chi connectivity index (χ4v) is 3.41. The van der Waals surface area contributed by atoms with Gasteiger partial charge in [-0.05, 0) is 24.1 Å². The quantitative estimate of drug-likeness (QED) is 0.890. The summed E-state index contributed by atoms with van der Waals surface area (Å²) >= 11 is 0. The Morgan fingerprint density at radius 3 is 1.87 bits per heavy atom. The van der Waals surface area contributed by atoms with Crippen LogP contribution in [0.15, 0.2) is 60.7 Å². The number of benzene rings is 2. The predicted molar refractivity (Wildman–Crippen MR) is 92.6 cm³/mol. The number of hydrogen-bond donors (Lipinski definition) is 1. The Labute approximate surface area is 138 Å². The molecule has 0 aliphatic carbocycles. The molecule has 1 aliphatic rings. The van der Waals surface area contributed by atoms with Crippen LogP contribution in [0.2, 0.25) is 0 Å². The number of nitrogens with zero attached hydrogens (tertiary/aromatic N) is 1. The van der Waals surface area contributed by atoms with Gasteiger partial charge in [0.25, 0.3) is 0 Å². The van der Waals surface area contributed by atoms with E-state index >= 15 is 0 Å². The summed E-state index contributed by atoms with van der Waals surface area (Å²) in [4.78, 5) is 2.43. The molecule has 122 valence electrons. The van der Waals surface area contributed by atoms with Crippen LogP contribution < -0.4 is 0 Å². The van der Waals surface area contributed by atoms with Crippen LogP contribution in [0.25, 0.3) is 0 Å². The van der Waals surface area contributed by atoms with Crippen molar-refractivity contribution < 1.29 is 9.84 Å². The van der Waals surface area contributed by atoms with Crippen molar-refractivity contribution in [2.24, 2.45) is 0 Å². The molecule has 0 bridgehead atoms. The summed E-state index contributed by atoms with van der Waals surface area (Å²) in [6.07, 6.45) is 0.900. The highest BCUT2D eigenvalue weighted by Crippen LogP contribution is 2.35. The molecule has 1 N–H and O–H groups in total. The first-order valence-electron chi connectivity index (χ1n) is 8.37. The van der Waals surface area contributed by atoms with Crippen molar-refractivity contribution in [1.29, 1.82) is 0 Å². The van der Waals surface area contributed by atoms with Gasteiger partial charge in [-0.25, -0.2) is 0 Å². The molecule has 0 aromatic heterocycles.